The van der Waals surface area contributed by atoms with Crippen LogP contribution in [0.3, 0.4) is 0 Å². The summed E-state index contributed by atoms with van der Waals surface area (Å²) in [5.41, 5.74) is 6.93. The lowest BCUT2D eigenvalue weighted by molar-refractivity contribution is 0.0996. The fourth-order valence-corrected chi connectivity index (χ4v) is 5.41. The fraction of sp³-hybridized carbons (Fsp3) is 0.344. The molecule has 4 N–H and O–H groups in total. The number of halogens is 2. The molecule has 1 aliphatic heterocycles. The Balaban J connectivity index is 1.34. The van der Waals surface area contributed by atoms with Crippen molar-refractivity contribution in [3.63, 3.8) is 0 Å². The van der Waals surface area contributed by atoms with Gasteiger partial charge >= 0.3 is 6.03 Å². The maximum absolute atomic E-state index is 14.4. The molecular formula is C32H36F2N6O5S. The quantitative estimate of drug-likeness (QED) is 0.264. The van der Waals surface area contributed by atoms with Gasteiger partial charge < -0.3 is 20.7 Å². The third-order valence-corrected chi connectivity index (χ3v) is 8.17. The number of amides is 3. The zero-order valence-electron chi connectivity index (χ0n) is 25.8. The van der Waals surface area contributed by atoms with E-state index in [0.29, 0.717) is 50.2 Å². The minimum absolute atomic E-state index is 0.114. The smallest absolute Gasteiger partial charge is 0.322 e. The van der Waals surface area contributed by atoms with Gasteiger partial charge in [0.2, 0.25) is 15.9 Å². The molecule has 0 radical (unpaired) electrons. The summed E-state index contributed by atoms with van der Waals surface area (Å²) in [4.78, 5) is 33.1. The SMILES string of the molecule is CC#CCN(C(=O)Nc1cc(C(N)=O)c(F)cc1F)C1CCN(Cc2ccc(Oc3ccc(CNS(C)(=O)=O)cc3)nc2C)CC1. The van der Waals surface area contributed by atoms with E-state index in [1.54, 1.807) is 37.3 Å². The second kappa shape index (κ2) is 15.1. The number of aromatic nitrogens is 1. The van der Waals surface area contributed by atoms with Gasteiger partial charge in [0.1, 0.15) is 17.4 Å². The summed E-state index contributed by atoms with van der Waals surface area (Å²) in [6.07, 6.45) is 2.39. The summed E-state index contributed by atoms with van der Waals surface area (Å²) in [6, 6.07) is 11.4. The molecular weight excluding hydrogens is 618 g/mol. The van der Waals surface area contributed by atoms with Crippen LogP contribution in [0.15, 0.2) is 48.5 Å². The van der Waals surface area contributed by atoms with Crippen LogP contribution in [0.25, 0.3) is 0 Å². The van der Waals surface area contributed by atoms with Crippen LogP contribution in [0.2, 0.25) is 0 Å². The maximum Gasteiger partial charge on any atom is 0.322 e. The second-order valence-corrected chi connectivity index (χ2v) is 12.7. The predicted octanol–water partition coefficient (Wildman–Crippen LogP) is 4.13. The first-order chi connectivity index (χ1) is 21.8. The van der Waals surface area contributed by atoms with Gasteiger partial charge in [0.05, 0.1) is 24.1 Å². The van der Waals surface area contributed by atoms with E-state index in [1.165, 1.54) is 4.90 Å². The second-order valence-electron chi connectivity index (χ2n) is 10.9. The average Bonchev–Trinajstić information content (AvgIpc) is 3.00. The predicted molar refractivity (Wildman–Crippen MR) is 170 cm³/mol. The average molecular weight is 655 g/mol. The highest BCUT2D eigenvalue weighted by molar-refractivity contribution is 7.88. The van der Waals surface area contributed by atoms with Crippen molar-refractivity contribution in [1.82, 2.24) is 19.5 Å². The van der Waals surface area contributed by atoms with Crippen LogP contribution in [0, 0.1) is 30.4 Å². The Morgan fingerprint density at radius 3 is 2.41 bits per heavy atom. The molecule has 0 spiro atoms. The van der Waals surface area contributed by atoms with Crippen molar-refractivity contribution in [2.45, 2.75) is 45.8 Å². The number of urea groups is 1. The Morgan fingerprint density at radius 2 is 1.80 bits per heavy atom. The number of hydrogen-bond donors (Lipinski definition) is 3. The van der Waals surface area contributed by atoms with Crippen LogP contribution in [0.5, 0.6) is 11.6 Å². The molecule has 0 aliphatic carbocycles. The van der Waals surface area contributed by atoms with Gasteiger partial charge in [0.15, 0.2) is 0 Å². The van der Waals surface area contributed by atoms with Gasteiger partial charge in [-0.3, -0.25) is 9.69 Å². The zero-order valence-corrected chi connectivity index (χ0v) is 26.6. The summed E-state index contributed by atoms with van der Waals surface area (Å²) in [5, 5.41) is 2.45. The van der Waals surface area contributed by atoms with E-state index in [2.05, 4.69) is 31.8 Å². The Kier molecular flexibility index (Phi) is 11.3. The molecule has 0 atom stereocenters. The van der Waals surface area contributed by atoms with E-state index in [-0.39, 0.29) is 24.8 Å². The minimum atomic E-state index is -3.28. The molecule has 2 aromatic carbocycles. The lowest BCUT2D eigenvalue weighted by Gasteiger charge is -2.38. The summed E-state index contributed by atoms with van der Waals surface area (Å²) >= 11 is 0. The van der Waals surface area contributed by atoms with E-state index in [0.717, 1.165) is 29.1 Å². The number of primary amides is 1. The number of piperidine rings is 1. The molecule has 11 nitrogen and oxygen atoms in total. The molecule has 4 rings (SSSR count). The van der Waals surface area contributed by atoms with Gasteiger partial charge in [-0.15, -0.1) is 5.92 Å². The minimum Gasteiger partial charge on any atom is -0.439 e. The van der Waals surface area contributed by atoms with Crippen LogP contribution in [-0.2, 0) is 23.1 Å². The van der Waals surface area contributed by atoms with Crippen molar-refractivity contribution >= 4 is 27.6 Å². The van der Waals surface area contributed by atoms with Gasteiger partial charge in [0.25, 0.3) is 5.91 Å². The van der Waals surface area contributed by atoms with Crippen molar-refractivity contribution in [3.05, 3.63) is 82.5 Å². The highest BCUT2D eigenvalue weighted by Crippen LogP contribution is 2.25. The third kappa shape index (κ3) is 9.46. The fourth-order valence-electron chi connectivity index (χ4n) is 4.98. The molecule has 1 saturated heterocycles. The number of sulfonamides is 1. The van der Waals surface area contributed by atoms with E-state index >= 15 is 0 Å². The van der Waals surface area contributed by atoms with Gasteiger partial charge in [-0.05, 0) is 56.0 Å². The Morgan fingerprint density at radius 1 is 1.11 bits per heavy atom. The molecule has 46 heavy (non-hydrogen) atoms. The maximum atomic E-state index is 14.4. The van der Waals surface area contributed by atoms with Crippen molar-refractivity contribution < 1.29 is 31.5 Å². The van der Waals surface area contributed by atoms with Crippen molar-refractivity contribution in [2.24, 2.45) is 5.73 Å². The molecule has 1 aromatic heterocycles. The molecule has 244 valence electrons. The Bertz CT molecular complexity index is 1750. The standard InChI is InChI=1S/C32H36F2N6O5S/c1-4-5-14-40(32(42)38-29-17-26(31(35)41)27(33)18-28(29)34)24-12-15-39(16-13-24)20-23-8-11-30(37-21(23)2)45-25-9-6-22(7-10-25)19-36-46(3,43)44/h6-11,17-18,24,36H,12-16,19-20H2,1-3H3,(H2,35,41)(H,38,42). The molecule has 3 aromatic rings. The number of ether oxygens (including phenoxy) is 1. The topological polar surface area (TPSA) is 147 Å². The number of rotatable bonds is 11. The normalized spacial score (nSPS) is 13.8. The number of nitrogens with two attached hydrogens (primary N) is 1. The Labute approximate surface area is 267 Å². The number of benzene rings is 2. The first-order valence-corrected chi connectivity index (χ1v) is 16.4. The number of aryl methyl sites for hydroxylation is 1. The first kappa shape index (κ1) is 34.3. The van der Waals surface area contributed by atoms with Crippen LogP contribution in [-0.4, -0.2) is 67.1 Å². The lowest BCUT2D eigenvalue weighted by Crippen LogP contribution is -2.49. The number of nitrogens with one attached hydrogen (secondary N) is 2. The molecule has 14 heteroatoms. The van der Waals surface area contributed by atoms with E-state index in [1.807, 2.05) is 13.0 Å². The number of anilines is 1. The van der Waals surface area contributed by atoms with Crippen LogP contribution >= 0.6 is 0 Å². The molecule has 0 saturated carbocycles. The number of likely N-dealkylation sites (tertiary alicyclic amines) is 1. The van der Waals surface area contributed by atoms with E-state index in [9.17, 15) is 26.8 Å². The van der Waals surface area contributed by atoms with Gasteiger partial charge in [-0.2, -0.15) is 0 Å². The van der Waals surface area contributed by atoms with E-state index in [4.69, 9.17) is 10.5 Å². The van der Waals surface area contributed by atoms with Gasteiger partial charge in [-0.25, -0.2) is 31.7 Å². The van der Waals surface area contributed by atoms with Gasteiger partial charge in [0, 0.05) is 50.0 Å². The molecule has 0 bridgehead atoms. The van der Waals surface area contributed by atoms with Crippen molar-refractivity contribution in [2.75, 3.05) is 31.2 Å². The molecule has 2 heterocycles. The lowest BCUT2D eigenvalue weighted by atomic mass is 10.0. The molecule has 3 amide bonds. The van der Waals surface area contributed by atoms with Crippen molar-refractivity contribution in [3.8, 4) is 23.5 Å². The molecule has 1 aliphatic rings. The number of carbonyl (C=O) groups is 2. The number of nitrogens with zero attached hydrogens (tertiary/aromatic N) is 3. The summed E-state index contributed by atoms with van der Waals surface area (Å²) in [6.45, 7) is 5.88. The first-order valence-electron chi connectivity index (χ1n) is 14.5. The highest BCUT2D eigenvalue weighted by Gasteiger charge is 2.29. The zero-order chi connectivity index (χ0) is 33.4. The third-order valence-electron chi connectivity index (χ3n) is 7.50. The number of pyridine rings is 1. The van der Waals surface area contributed by atoms with Crippen LogP contribution in [0.4, 0.5) is 19.3 Å². The van der Waals surface area contributed by atoms with Crippen molar-refractivity contribution in [1.29, 1.82) is 0 Å². The Hall–Kier alpha value is -4.58. The summed E-state index contributed by atoms with van der Waals surface area (Å²) < 4.78 is 59.3. The number of carbonyl (C=O) groups excluding carboxylic acids is 2. The number of hydrogen-bond acceptors (Lipinski definition) is 7. The molecule has 1 fully saturated rings. The highest BCUT2D eigenvalue weighted by atomic mass is 32.2. The largest absolute Gasteiger partial charge is 0.439 e. The van der Waals surface area contributed by atoms with Gasteiger partial charge in [-0.1, -0.05) is 24.1 Å². The van der Waals surface area contributed by atoms with E-state index < -0.39 is 39.2 Å². The summed E-state index contributed by atoms with van der Waals surface area (Å²) in [7, 11) is -3.28. The van der Waals surface area contributed by atoms with Crippen LogP contribution < -0.4 is 20.5 Å². The van der Waals surface area contributed by atoms with Crippen LogP contribution in [0.1, 0.15) is 46.9 Å². The molecule has 0 unspecified atom stereocenters. The summed E-state index contributed by atoms with van der Waals surface area (Å²) in [5.74, 6) is 3.46. The monoisotopic (exact) mass is 654 g/mol.